The third kappa shape index (κ3) is 4.82. The Balaban J connectivity index is 1.34. The number of carbonyl (C=O) groups is 1. The summed E-state index contributed by atoms with van der Waals surface area (Å²) >= 11 is 3.43. The number of amides is 1. The fourth-order valence-corrected chi connectivity index (χ4v) is 5.11. The number of thioether (sulfide) groups is 1. The van der Waals surface area contributed by atoms with Crippen LogP contribution in [0.1, 0.15) is 39.0 Å². The van der Waals surface area contributed by atoms with E-state index in [2.05, 4.69) is 22.5 Å². The topological polar surface area (TPSA) is 42.4 Å². The number of aromatic nitrogens is 1. The second-order valence-corrected chi connectivity index (χ2v) is 9.29. The fraction of sp³-hybridized carbons (Fsp3) is 0.304. The van der Waals surface area contributed by atoms with Gasteiger partial charge in [0.05, 0.1) is 17.8 Å². The van der Waals surface area contributed by atoms with Gasteiger partial charge in [0, 0.05) is 40.6 Å². The van der Waals surface area contributed by atoms with E-state index in [9.17, 15) is 4.79 Å². The van der Waals surface area contributed by atoms with Crippen molar-refractivity contribution < 1.29 is 9.53 Å². The lowest BCUT2D eigenvalue weighted by atomic mass is 9.98. The van der Waals surface area contributed by atoms with Gasteiger partial charge in [0.1, 0.15) is 5.75 Å². The molecule has 1 unspecified atom stereocenters. The number of methoxy groups -OCH3 is 1. The molecule has 0 spiro atoms. The van der Waals surface area contributed by atoms with E-state index in [1.54, 1.807) is 30.2 Å². The normalized spacial score (nSPS) is 16.2. The summed E-state index contributed by atoms with van der Waals surface area (Å²) in [7, 11) is 1.68. The molecule has 1 amide bonds. The largest absolute Gasteiger partial charge is 0.497 e. The van der Waals surface area contributed by atoms with Crippen molar-refractivity contribution in [1.29, 1.82) is 0 Å². The molecule has 0 bridgehead atoms. The first-order chi connectivity index (χ1) is 14.1. The molecule has 0 saturated carbocycles. The van der Waals surface area contributed by atoms with E-state index in [4.69, 9.17) is 4.74 Å². The van der Waals surface area contributed by atoms with Crippen LogP contribution in [-0.4, -0.2) is 36.0 Å². The zero-order valence-electron chi connectivity index (χ0n) is 16.6. The highest BCUT2D eigenvalue weighted by molar-refractivity contribution is 7.98. The van der Waals surface area contributed by atoms with Gasteiger partial charge in [-0.2, -0.15) is 0 Å². The van der Waals surface area contributed by atoms with Crippen molar-refractivity contribution >= 4 is 29.0 Å². The van der Waals surface area contributed by atoms with Crippen LogP contribution in [0.4, 0.5) is 0 Å². The number of likely N-dealkylation sites (tertiary alicyclic amines) is 1. The van der Waals surface area contributed by atoms with Crippen LogP contribution in [0.25, 0.3) is 0 Å². The minimum absolute atomic E-state index is 0.118. The maximum atomic E-state index is 12.9. The Morgan fingerprint density at radius 1 is 1.21 bits per heavy atom. The zero-order chi connectivity index (χ0) is 20.2. The van der Waals surface area contributed by atoms with E-state index < -0.39 is 0 Å². The smallest absolute Gasteiger partial charge is 0.253 e. The SMILES string of the molecule is COc1ccc(C2CCN(C(=O)c3ccc(SCc4csc(C)n4)cc3)C2)cc1. The van der Waals surface area contributed by atoms with Gasteiger partial charge in [-0.1, -0.05) is 12.1 Å². The molecule has 1 aromatic heterocycles. The summed E-state index contributed by atoms with van der Waals surface area (Å²) in [5, 5.41) is 3.20. The monoisotopic (exact) mass is 424 g/mol. The summed E-state index contributed by atoms with van der Waals surface area (Å²) < 4.78 is 5.23. The second-order valence-electron chi connectivity index (χ2n) is 7.18. The number of thiazole rings is 1. The molecule has 150 valence electrons. The van der Waals surface area contributed by atoms with Crippen molar-refractivity contribution in [2.45, 2.75) is 29.9 Å². The molecule has 1 fully saturated rings. The van der Waals surface area contributed by atoms with Gasteiger partial charge >= 0.3 is 0 Å². The highest BCUT2D eigenvalue weighted by Gasteiger charge is 2.28. The van der Waals surface area contributed by atoms with Crippen LogP contribution in [0.2, 0.25) is 0 Å². The molecule has 4 nitrogen and oxygen atoms in total. The van der Waals surface area contributed by atoms with E-state index in [1.165, 1.54) is 5.56 Å². The lowest BCUT2D eigenvalue weighted by Crippen LogP contribution is -2.28. The maximum Gasteiger partial charge on any atom is 0.253 e. The molecule has 1 aliphatic heterocycles. The highest BCUT2D eigenvalue weighted by Crippen LogP contribution is 2.30. The van der Waals surface area contributed by atoms with Gasteiger partial charge in [0.15, 0.2) is 0 Å². The van der Waals surface area contributed by atoms with E-state index in [0.717, 1.165) is 52.2 Å². The molecular weight excluding hydrogens is 400 g/mol. The number of aryl methyl sites for hydroxylation is 1. The molecule has 6 heteroatoms. The van der Waals surface area contributed by atoms with Crippen LogP contribution in [-0.2, 0) is 5.75 Å². The maximum absolute atomic E-state index is 12.9. The molecule has 1 atom stereocenters. The number of rotatable bonds is 6. The van der Waals surface area contributed by atoms with E-state index in [0.29, 0.717) is 5.92 Å². The molecule has 2 heterocycles. The van der Waals surface area contributed by atoms with Crippen LogP contribution in [0.15, 0.2) is 58.8 Å². The molecule has 3 aromatic rings. The second kappa shape index (κ2) is 9.01. The summed E-state index contributed by atoms with van der Waals surface area (Å²) in [6.07, 6.45) is 0.999. The van der Waals surface area contributed by atoms with Crippen molar-refractivity contribution in [1.82, 2.24) is 9.88 Å². The zero-order valence-corrected chi connectivity index (χ0v) is 18.3. The van der Waals surface area contributed by atoms with Gasteiger partial charge in [-0.25, -0.2) is 4.98 Å². The van der Waals surface area contributed by atoms with Crippen LogP contribution in [0.5, 0.6) is 5.75 Å². The average molecular weight is 425 g/mol. The van der Waals surface area contributed by atoms with Crippen molar-refractivity contribution in [2.75, 3.05) is 20.2 Å². The Labute approximate surface area is 179 Å². The molecule has 2 aromatic carbocycles. The first kappa shape index (κ1) is 20.0. The third-order valence-corrected chi connectivity index (χ3v) is 7.09. The van der Waals surface area contributed by atoms with Crippen molar-refractivity contribution in [3.8, 4) is 5.75 Å². The number of benzene rings is 2. The van der Waals surface area contributed by atoms with Gasteiger partial charge in [-0.15, -0.1) is 23.1 Å². The van der Waals surface area contributed by atoms with E-state index in [1.807, 2.05) is 48.2 Å². The summed E-state index contributed by atoms with van der Waals surface area (Å²) in [6.45, 7) is 3.59. The summed E-state index contributed by atoms with van der Waals surface area (Å²) in [6, 6.07) is 16.1. The molecule has 0 radical (unpaired) electrons. The van der Waals surface area contributed by atoms with Crippen LogP contribution >= 0.6 is 23.1 Å². The minimum Gasteiger partial charge on any atom is -0.497 e. The van der Waals surface area contributed by atoms with Gasteiger partial charge in [-0.3, -0.25) is 4.79 Å². The van der Waals surface area contributed by atoms with Gasteiger partial charge in [0.25, 0.3) is 5.91 Å². The molecule has 1 saturated heterocycles. The first-order valence-corrected chi connectivity index (χ1v) is 11.6. The Morgan fingerprint density at radius 2 is 1.97 bits per heavy atom. The third-order valence-electron chi connectivity index (χ3n) is 5.22. The molecule has 4 rings (SSSR count). The number of ether oxygens (including phenoxy) is 1. The molecular formula is C23H24N2O2S2. The van der Waals surface area contributed by atoms with E-state index >= 15 is 0 Å². The van der Waals surface area contributed by atoms with Crippen molar-refractivity contribution in [2.24, 2.45) is 0 Å². The Kier molecular flexibility index (Phi) is 6.21. The average Bonchev–Trinajstić information content (AvgIpc) is 3.41. The van der Waals surface area contributed by atoms with E-state index in [-0.39, 0.29) is 5.91 Å². The van der Waals surface area contributed by atoms with Gasteiger partial charge in [-0.05, 0) is 55.3 Å². The van der Waals surface area contributed by atoms with Crippen LogP contribution in [0, 0.1) is 6.92 Å². The van der Waals surface area contributed by atoms with Gasteiger partial charge < -0.3 is 9.64 Å². The minimum atomic E-state index is 0.118. The predicted molar refractivity (Wildman–Crippen MR) is 119 cm³/mol. The Bertz CT molecular complexity index is 967. The predicted octanol–water partition coefficient (Wildman–Crippen LogP) is 5.38. The summed E-state index contributed by atoms with van der Waals surface area (Å²) in [5.41, 5.74) is 3.14. The first-order valence-electron chi connectivity index (χ1n) is 9.69. The van der Waals surface area contributed by atoms with Crippen molar-refractivity contribution in [3.63, 3.8) is 0 Å². The van der Waals surface area contributed by atoms with Crippen molar-refractivity contribution in [3.05, 3.63) is 75.7 Å². The molecule has 0 N–H and O–H groups in total. The quantitative estimate of drug-likeness (QED) is 0.498. The number of nitrogens with zero attached hydrogens (tertiary/aromatic N) is 2. The standard InChI is InChI=1S/C23H24N2O2S2/c1-16-24-20(14-28-16)15-29-22-9-5-18(6-10-22)23(26)25-12-11-19(13-25)17-3-7-21(27-2)8-4-17/h3-10,14,19H,11-13,15H2,1-2H3. The number of hydrogen-bond acceptors (Lipinski definition) is 5. The fourth-order valence-electron chi connectivity index (χ4n) is 3.60. The molecule has 0 aliphatic carbocycles. The highest BCUT2D eigenvalue weighted by atomic mass is 32.2. The van der Waals surface area contributed by atoms with Gasteiger partial charge in [0.2, 0.25) is 0 Å². The molecule has 1 aliphatic rings. The number of hydrogen-bond donors (Lipinski definition) is 0. The Hall–Kier alpha value is -2.31. The number of carbonyl (C=O) groups excluding carboxylic acids is 1. The lowest BCUT2D eigenvalue weighted by Gasteiger charge is -2.17. The molecule has 29 heavy (non-hydrogen) atoms. The summed E-state index contributed by atoms with van der Waals surface area (Å²) in [4.78, 5) is 20.5. The Morgan fingerprint density at radius 3 is 2.62 bits per heavy atom. The van der Waals surface area contributed by atoms with Crippen LogP contribution in [0.3, 0.4) is 0 Å². The van der Waals surface area contributed by atoms with Crippen LogP contribution < -0.4 is 4.74 Å². The lowest BCUT2D eigenvalue weighted by molar-refractivity contribution is 0.0790. The summed E-state index contributed by atoms with van der Waals surface area (Å²) in [5.74, 6) is 2.23.